The maximum atomic E-state index is 13.0. The van der Waals surface area contributed by atoms with Crippen molar-refractivity contribution in [3.05, 3.63) is 23.9 Å². The Morgan fingerprint density at radius 1 is 1.20 bits per heavy atom. The largest absolute Gasteiger partial charge is 0.455 e. The normalized spacial score (nSPS) is 27.7. The van der Waals surface area contributed by atoms with Gasteiger partial charge in [-0.15, -0.1) is 0 Å². The van der Waals surface area contributed by atoms with Crippen LogP contribution < -0.4 is 11.5 Å². The molecule has 0 saturated heterocycles. The minimum Gasteiger partial charge on any atom is -0.399 e. The third-order valence-electron chi connectivity index (χ3n) is 2.13. The Morgan fingerprint density at radius 3 is 2.13 bits per heavy atom. The number of halogens is 5. The molecule has 0 aliphatic heterocycles. The molecule has 0 fully saturated rings. The van der Waals surface area contributed by atoms with Crippen LogP contribution in [0.3, 0.4) is 0 Å². The summed E-state index contributed by atoms with van der Waals surface area (Å²) in [6.07, 6.45) is -3.43. The molecule has 2 nitrogen and oxygen atoms in total. The highest BCUT2D eigenvalue weighted by molar-refractivity contribution is 5.31. The standard InChI is InChI=1S/C8H9F5N2/c9-7(10,8(11,12)13)6(15)3-1-2-5(14)4-6/h1-2,4H,3,14-15H2. The quantitative estimate of drug-likeness (QED) is 0.671. The van der Waals surface area contributed by atoms with Crippen LogP contribution in [0, 0.1) is 0 Å². The first-order chi connectivity index (χ1) is 6.60. The highest BCUT2D eigenvalue weighted by atomic mass is 19.4. The molecule has 7 heteroatoms. The molecule has 86 valence electrons. The second kappa shape index (κ2) is 3.19. The van der Waals surface area contributed by atoms with Crippen LogP contribution in [0.4, 0.5) is 22.0 Å². The van der Waals surface area contributed by atoms with Crippen LogP contribution in [0.15, 0.2) is 23.9 Å². The first kappa shape index (κ1) is 12.0. The zero-order chi connectivity index (χ0) is 11.9. The van der Waals surface area contributed by atoms with E-state index in [1.807, 2.05) is 0 Å². The Kier molecular flexibility index (Phi) is 2.55. The van der Waals surface area contributed by atoms with Crippen LogP contribution in [0.1, 0.15) is 6.42 Å². The van der Waals surface area contributed by atoms with Gasteiger partial charge in [-0.05, 0) is 18.6 Å². The third kappa shape index (κ3) is 1.83. The predicted molar refractivity (Wildman–Crippen MR) is 43.9 cm³/mol. The Hall–Kier alpha value is -1.11. The van der Waals surface area contributed by atoms with E-state index in [-0.39, 0.29) is 5.70 Å². The predicted octanol–water partition coefficient (Wildman–Crippen LogP) is 1.68. The topological polar surface area (TPSA) is 52.0 Å². The van der Waals surface area contributed by atoms with Crippen LogP contribution in [-0.4, -0.2) is 17.6 Å². The highest BCUT2D eigenvalue weighted by Crippen LogP contribution is 2.45. The molecule has 1 unspecified atom stereocenters. The van der Waals surface area contributed by atoms with Gasteiger partial charge in [0.15, 0.2) is 0 Å². The zero-order valence-corrected chi connectivity index (χ0v) is 7.48. The molecule has 1 aliphatic rings. The van der Waals surface area contributed by atoms with Crippen LogP contribution in [0.25, 0.3) is 0 Å². The van der Waals surface area contributed by atoms with Crippen molar-refractivity contribution in [1.29, 1.82) is 0 Å². The zero-order valence-electron chi connectivity index (χ0n) is 7.48. The van der Waals surface area contributed by atoms with Crippen molar-refractivity contribution in [2.75, 3.05) is 0 Å². The summed E-state index contributed by atoms with van der Waals surface area (Å²) < 4.78 is 62.2. The number of alkyl halides is 5. The van der Waals surface area contributed by atoms with Gasteiger partial charge >= 0.3 is 12.1 Å². The van der Waals surface area contributed by atoms with E-state index in [9.17, 15) is 22.0 Å². The van der Waals surface area contributed by atoms with Crippen molar-refractivity contribution in [2.24, 2.45) is 11.5 Å². The molecule has 4 N–H and O–H groups in total. The van der Waals surface area contributed by atoms with E-state index in [4.69, 9.17) is 11.5 Å². The summed E-state index contributed by atoms with van der Waals surface area (Å²) in [6.45, 7) is 0. The van der Waals surface area contributed by atoms with E-state index in [0.717, 1.165) is 6.08 Å². The summed E-state index contributed by atoms with van der Waals surface area (Å²) in [6, 6.07) is 0. The van der Waals surface area contributed by atoms with Crippen molar-refractivity contribution in [1.82, 2.24) is 0 Å². The van der Waals surface area contributed by atoms with Gasteiger partial charge < -0.3 is 11.5 Å². The van der Waals surface area contributed by atoms with Gasteiger partial charge in [0, 0.05) is 5.70 Å². The summed E-state index contributed by atoms with van der Waals surface area (Å²) in [5.74, 6) is -5.00. The summed E-state index contributed by atoms with van der Waals surface area (Å²) in [4.78, 5) is 0. The van der Waals surface area contributed by atoms with Crippen molar-refractivity contribution >= 4 is 0 Å². The summed E-state index contributed by atoms with van der Waals surface area (Å²) in [7, 11) is 0. The molecule has 0 aromatic carbocycles. The SMILES string of the molecule is NC1=CC(N)(C(F)(F)C(F)(F)F)CC=C1. The number of nitrogens with two attached hydrogens (primary N) is 2. The van der Waals surface area contributed by atoms with Crippen molar-refractivity contribution < 1.29 is 22.0 Å². The van der Waals surface area contributed by atoms with Crippen molar-refractivity contribution in [3.63, 3.8) is 0 Å². The molecule has 0 amide bonds. The van der Waals surface area contributed by atoms with Gasteiger partial charge in [-0.25, -0.2) is 0 Å². The molecular formula is C8H9F5N2. The lowest BCUT2D eigenvalue weighted by Gasteiger charge is -2.36. The molecule has 1 rings (SSSR count). The lowest BCUT2D eigenvalue weighted by atomic mass is 9.84. The molecule has 1 aliphatic carbocycles. The van der Waals surface area contributed by atoms with Gasteiger partial charge in [0.2, 0.25) is 0 Å². The van der Waals surface area contributed by atoms with E-state index < -0.39 is 24.1 Å². The second-order valence-electron chi connectivity index (χ2n) is 3.36. The Balaban J connectivity index is 3.12. The lowest BCUT2D eigenvalue weighted by Crippen LogP contribution is -2.62. The third-order valence-corrected chi connectivity index (χ3v) is 2.13. The maximum absolute atomic E-state index is 13.0. The number of hydrogen-bond donors (Lipinski definition) is 2. The van der Waals surface area contributed by atoms with Gasteiger partial charge in [-0.3, -0.25) is 0 Å². The van der Waals surface area contributed by atoms with E-state index in [1.165, 1.54) is 6.08 Å². The average molecular weight is 228 g/mol. The summed E-state index contributed by atoms with van der Waals surface area (Å²) in [5.41, 5.74) is 7.18. The highest BCUT2D eigenvalue weighted by Gasteiger charge is 2.67. The van der Waals surface area contributed by atoms with Gasteiger partial charge in [0.25, 0.3) is 0 Å². The maximum Gasteiger partial charge on any atom is 0.455 e. The van der Waals surface area contributed by atoms with Crippen LogP contribution in [-0.2, 0) is 0 Å². The fraction of sp³-hybridized carbons (Fsp3) is 0.500. The minimum atomic E-state index is -5.69. The van der Waals surface area contributed by atoms with E-state index >= 15 is 0 Å². The Morgan fingerprint density at radius 2 is 1.73 bits per heavy atom. The smallest absolute Gasteiger partial charge is 0.399 e. The summed E-state index contributed by atoms with van der Waals surface area (Å²) in [5, 5.41) is 0. The Bertz CT molecular complexity index is 317. The monoisotopic (exact) mass is 228 g/mol. The minimum absolute atomic E-state index is 0.201. The number of hydrogen-bond acceptors (Lipinski definition) is 2. The molecule has 0 heterocycles. The number of rotatable bonds is 1. The lowest BCUT2D eigenvalue weighted by molar-refractivity contribution is -0.300. The molecule has 15 heavy (non-hydrogen) atoms. The fourth-order valence-corrected chi connectivity index (χ4v) is 1.28. The fourth-order valence-electron chi connectivity index (χ4n) is 1.28. The molecule has 0 aromatic heterocycles. The van der Waals surface area contributed by atoms with Gasteiger partial charge in [-0.1, -0.05) is 6.08 Å². The molecular weight excluding hydrogens is 219 g/mol. The number of allylic oxidation sites excluding steroid dienone is 1. The van der Waals surface area contributed by atoms with Gasteiger partial charge in [0.1, 0.15) is 5.54 Å². The van der Waals surface area contributed by atoms with Gasteiger partial charge in [-0.2, -0.15) is 22.0 Å². The van der Waals surface area contributed by atoms with Crippen molar-refractivity contribution in [3.8, 4) is 0 Å². The van der Waals surface area contributed by atoms with E-state index in [0.29, 0.717) is 6.08 Å². The second-order valence-corrected chi connectivity index (χ2v) is 3.36. The van der Waals surface area contributed by atoms with Gasteiger partial charge in [0.05, 0.1) is 0 Å². The molecule has 0 saturated carbocycles. The van der Waals surface area contributed by atoms with Crippen molar-refractivity contribution in [2.45, 2.75) is 24.1 Å². The molecule has 0 spiro atoms. The molecule has 1 atom stereocenters. The Labute approximate surface area is 82.4 Å². The average Bonchev–Trinajstić information content (AvgIpc) is 2.01. The van der Waals surface area contributed by atoms with Crippen LogP contribution in [0.5, 0.6) is 0 Å². The first-order valence-electron chi connectivity index (χ1n) is 3.98. The van der Waals surface area contributed by atoms with Crippen LogP contribution in [0.2, 0.25) is 0 Å². The van der Waals surface area contributed by atoms with Crippen LogP contribution >= 0.6 is 0 Å². The molecule has 0 radical (unpaired) electrons. The van der Waals surface area contributed by atoms with E-state index in [2.05, 4.69) is 0 Å². The first-order valence-corrected chi connectivity index (χ1v) is 3.98. The molecule has 0 aromatic rings. The van der Waals surface area contributed by atoms with E-state index in [1.54, 1.807) is 0 Å². The summed E-state index contributed by atoms with van der Waals surface area (Å²) >= 11 is 0. The molecule has 0 bridgehead atoms.